The van der Waals surface area contributed by atoms with Crippen molar-refractivity contribution in [3.8, 4) is 0 Å². The van der Waals surface area contributed by atoms with Crippen LogP contribution in [0.25, 0.3) is 0 Å². The topological polar surface area (TPSA) is 66.4 Å². The summed E-state index contributed by atoms with van der Waals surface area (Å²) in [4.78, 5) is 23.5. The molecule has 1 amide bonds. The first-order valence-corrected chi connectivity index (χ1v) is 7.17. The Balaban J connectivity index is 2.52. The summed E-state index contributed by atoms with van der Waals surface area (Å²) in [6.45, 7) is 3.50. The number of nitrogens with one attached hydrogen (secondary N) is 1. The predicted molar refractivity (Wildman–Crippen MR) is 76.6 cm³/mol. The zero-order chi connectivity index (χ0) is 14.4. The molecule has 19 heavy (non-hydrogen) atoms. The van der Waals surface area contributed by atoms with Crippen LogP contribution in [0.15, 0.2) is 29.2 Å². The summed E-state index contributed by atoms with van der Waals surface area (Å²) < 4.78 is 0. The summed E-state index contributed by atoms with van der Waals surface area (Å²) in [5.74, 6) is -1.36. The molecule has 1 rings (SSSR count). The highest BCUT2D eigenvalue weighted by Gasteiger charge is 2.23. The van der Waals surface area contributed by atoms with E-state index in [0.717, 1.165) is 4.90 Å². The van der Waals surface area contributed by atoms with E-state index in [0.29, 0.717) is 5.02 Å². The normalized spacial score (nSPS) is 12.2. The van der Waals surface area contributed by atoms with Gasteiger partial charge in [0, 0.05) is 4.90 Å². The second-order valence-corrected chi connectivity index (χ2v) is 5.77. The zero-order valence-corrected chi connectivity index (χ0v) is 12.3. The van der Waals surface area contributed by atoms with Gasteiger partial charge in [0.1, 0.15) is 6.04 Å². The van der Waals surface area contributed by atoms with Crippen molar-refractivity contribution in [2.75, 3.05) is 5.75 Å². The van der Waals surface area contributed by atoms with Gasteiger partial charge < -0.3 is 10.4 Å². The highest BCUT2D eigenvalue weighted by molar-refractivity contribution is 8.00. The number of halogens is 1. The molecule has 0 bridgehead atoms. The second kappa shape index (κ2) is 7.40. The summed E-state index contributed by atoms with van der Waals surface area (Å²) in [6, 6.07) is 6.35. The number of carbonyl (C=O) groups excluding carboxylic acids is 1. The summed E-state index contributed by atoms with van der Waals surface area (Å²) >= 11 is 7.25. The fraction of sp³-hybridized carbons (Fsp3) is 0.385. The summed E-state index contributed by atoms with van der Waals surface area (Å²) in [6.07, 6.45) is 0. The molecule has 0 aliphatic rings. The molecule has 0 fully saturated rings. The molecular formula is C13H16ClNO3S. The molecule has 104 valence electrons. The van der Waals surface area contributed by atoms with Crippen LogP contribution in [0.1, 0.15) is 13.8 Å². The molecule has 0 saturated heterocycles. The maximum atomic E-state index is 11.7. The Labute approximate surface area is 121 Å². The van der Waals surface area contributed by atoms with Crippen molar-refractivity contribution in [2.45, 2.75) is 24.8 Å². The van der Waals surface area contributed by atoms with E-state index >= 15 is 0 Å². The molecule has 1 atom stereocenters. The Morgan fingerprint density at radius 2 is 2.00 bits per heavy atom. The van der Waals surface area contributed by atoms with Crippen LogP contribution < -0.4 is 5.32 Å². The lowest BCUT2D eigenvalue weighted by Crippen LogP contribution is -2.45. The first-order valence-electron chi connectivity index (χ1n) is 5.81. The van der Waals surface area contributed by atoms with Gasteiger partial charge in [-0.3, -0.25) is 4.79 Å². The first-order chi connectivity index (χ1) is 8.91. The number of carboxylic acids is 1. The maximum Gasteiger partial charge on any atom is 0.326 e. The number of benzene rings is 1. The molecule has 4 nitrogen and oxygen atoms in total. The highest BCUT2D eigenvalue weighted by atomic mass is 35.5. The Hall–Kier alpha value is -1.20. The Kier molecular flexibility index (Phi) is 6.18. The van der Waals surface area contributed by atoms with E-state index in [1.807, 2.05) is 18.2 Å². The molecule has 2 N–H and O–H groups in total. The first kappa shape index (κ1) is 15.9. The fourth-order valence-electron chi connectivity index (χ4n) is 1.43. The Morgan fingerprint density at radius 3 is 2.53 bits per heavy atom. The van der Waals surface area contributed by atoms with Gasteiger partial charge >= 0.3 is 5.97 Å². The molecule has 6 heteroatoms. The number of thioether (sulfide) groups is 1. The lowest BCUT2D eigenvalue weighted by Gasteiger charge is -2.17. The quantitative estimate of drug-likeness (QED) is 0.793. The van der Waals surface area contributed by atoms with Gasteiger partial charge in [-0.05, 0) is 18.1 Å². The van der Waals surface area contributed by atoms with E-state index in [1.54, 1.807) is 19.9 Å². The van der Waals surface area contributed by atoms with Crippen molar-refractivity contribution < 1.29 is 14.7 Å². The summed E-state index contributed by atoms with van der Waals surface area (Å²) in [5, 5.41) is 12.1. The van der Waals surface area contributed by atoms with Crippen molar-refractivity contribution in [1.82, 2.24) is 5.32 Å². The molecule has 0 aliphatic carbocycles. The van der Waals surface area contributed by atoms with Gasteiger partial charge in [-0.25, -0.2) is 4.79 Å². The third kappa shape index (κ3) is 5.12. The van der Waals surface area contributed by atoms with Crippen LogP contribution in [0.4, 0.5) is 0 Å². The molecule has 0 saturated carbocycles. The largest absolute Gasteiger partial charge is 0.480 e. The van der Waals surface area contributed by atoms with Crippen LogP contribution >= 0.6 is 23.4 Å². The lowest BCUT2D eigenvalue weighted by molar-refractivity contribution is -0.142. The van der Waals surface area contributed by atoms with E-state index in [2.05, 4.69) is 5.32 Å². The van der Waals surface area contributed by atoms with Crippen LogP contribution in [0.2, 0.25) is 5.02 Å². The predicted octanol–water partition coefficient (Wildman–Crippen LogP) is 2.66. The smallest absolute Gasteiger partial charge is 0.326 e. The fourth-order valence-corrected chi connectivity index (χ4v) is 2.48. The number of rotatable bonds is 6. The average Bonchev–Trinajstić information content (AvgIpc) is 2.34. The SMILES string of the molecule is CC(C)[C@@H](NC(=O)CSc1ccccc1Cl)C(=O)O. The third-order valence-corrected chi connectivity index (χ3v) is 3.96. The number of carbonyl (C=O) groups is 2. The van der Waals surface area contributed by atoms with Crippen LogP contribution in [0.5, 0.6) is 0 Å². The number of carboxylic acid groups (broad SMARTS) is 1. The van der Waals surface area contributed by atoms with Gasteiger partial charge in [0.05, 0.1) is 10.8 Å². The van der Waals surface area contributed by atoms with Crippen molar-refractivity contribution in [3.63, 3.8) is 0 Å². The minimum atomic E-state index is -1.02. The minimum Gasteiger partial charge on any atom is -0.480 e. The molecular weight excluding hydrogens is 286 g/mol. The van der Waals surface area contributed by atoms with Crippen molar-refractivity contribution >= 4 is 35.2 Å². The maximum absolute atomic E-state index is 11.7. The van der Waals surface area contributed by atoms with Gasteiger partial charge in [0.2, 0.25) is 5.91 Å². The van der Waals surface area contributed by atoms with Crippen molar-refractivity contribution in [1.29, 1.82) is 0 Å². The van der Waals surface area contributed by atoms with E-state index in [9.17, 15) is 9.59 Å². The zero-order valence-electron chi connectivity index (χ0n) is 10.7. The van der Waals surface area contributed by atoms with Crippen LogP contribution in [0, 0.1) is 5.92 Å². The van der Waals surface area contributed by atoms with E-state index in [-0.39, 0.29) is 17.6 Å². The highest BCUT2D eigenvalue weighted by Crippen LogP contribution is 2.26. The van der Waals surface area contributed by atoms with Crippen LogP contribution in [-0.2, 0) is 9.59 Å². The van der Waals surface area contributed by atoms with Crippen LogP contribution in [-0.4, -0.2) is 28.8 Å². The molecule has 0 aliphatic heterocycles. The molecule has 0 unspecified atom stereocenters. The molecule has 0 heterocycles. The van der Waals surface area contributed by atoms with E-state index in [1.165, 1.54) is 11.8 Å². The summed E-state index contributed by atoms with van der Waals surface area (Å²) in [5.41, 5.74) is 0. The summed E-state index contributed by atoms with van der Waals surface area (Å²) in [7, 11) is 0. The second-order valence-electron chi connectivity index (χ2n) is 4.35. The number of hydrogen-bond acceptors (Lipinski definition) is 3. The number of aliphatic carboxylic acids is 1. The monoisotopic (exact) mass is 301 g/mol. The van der Waals surface area contributed by atoms with Gasteiger partial charge in [-0.15, -0.1) is 11.8 Å². The van der Waals surface area contributed by atoms with Crippen LogP contribution in [0.3, 0.4) is 0 Å². The molecule has 0 radical (unpaired) electrons. The Bertz CT molecular complexity index is 465. The van der Waals surface area contributed by atoms with Gasteiger partial charge in [-0.1, -0.05) is 37.6 Å². The molecule has 1 aromatic carbocycles. The molecule has 1 aromatic rings. The third-order valence-electron chi connectivity index (χ3n) is 2.44. The van der Waals surface area contributed by atoms with E-state index in [4.69, 9.17) is 16.7 Å². The Morgan fingerprint density at radius 1 is 1.37 bits per heavy atom. The lowest BCUT2D eigenvalue weighted by atomic mass is 10.1. The van der Waals surface area contributed by atoms with Gasteiger partial charge in [0.15, 0.2) is 0 Å². The van der Waals surface area contributed by atoms with Gasteiger partial charge in [-0.2, -0.15) is 0 Å². The molecule has 0 aromatic heterocycles. The van der Waals surface area contributed by atoms with Gasteiger partial charge in [0.25, 0.3) is 0 Å². The number of amides is 1. The van der Waals surface area contributed by atoms with E-state index < -0.39 is 12.0 Å². The number of hydrogen-bond donors (Lipinski definition) is 2. The molecule has 0 spiro atoms. The van der Waals surface area contributed by atoms with Crippen molar-refractivity contribution in [3.05, 3.63) is 29.3 Å². The minimum absolute atomic E-state index is 0.139. The standard InChI is InChI=1S/C13H16ClNO3S/c1-8(2)12(13(17)18)15-11(16)7-19-10-6-4-3-5-9(10)14/h3-6,8,12H,7H2,1-2H3,(H,15,16)(H,17,18)/t12-/m1/s1. The van der Waals surface area contributed by atoms with Crippen molar-refractivity contribution in [2.24, 2.45) is 5.92 Å². The average molecular weight is 302 g/mol.